The first-order valence-corrected chi connectivity index (χ1v) is 15.3. The summed E-state index contributed by atoms with van der Waals surface area (Å²) in [6.45, 7) is 1.36. The highest BCUT2D eigenvalue weighted by Gasteiger charge is 2.74. The summed E-state index contributed by atoms with van der Waals surface area (Å²) >= 11 is 0. The number of nitrogens with one attached hydrogen (secondary N) is 2. The van der Waals surface area contributed by atoms with Gasteiger partial charge < -0.3 is 10.6 Å². The quantitative estimate of drug-likeness (QED) is 0.317. The van der Waals surface area contributed by atoms with Crippen LogP contribution in [0.1, 0.15) is 55.7 Å². The van der Waals surface area contributed by atoms with Crippen molar-refractivity contribution in [2.24, 2.45) is 11.8 Å². The molecule has 0 unspecified atom stereocenters. The predicted octanol–water partition coefficient (Wildman–Crippen LogP) is 5.54. The van der Waals surface area contributed by atoms with E-state index in [1.54, 1.807) is 0 Å². The Morgan fingerprint density at radius 1 is 0.864 bits per heavy atom. The van der Waals surface area contributed by atoms with Gasteiger partial charge in [-0.25, -0.2) is 17.2 Å². The van der Waals surface area contributed by atoms with Gasteiger partial charge in [0.1, 0.15) is 10.6 Å². The molecule has 0 saturated heterocycles. The van der Waals surface area contributed by atoms with Gasteiger partial charge in [0.25, 0.3) is 0 Å². The molecule has 2 amide bonds. The summed E-state index contributed by atoms with van der Waals surface area (Å²) in [5.41, 5.74) is -7.75. The molecule has 3 aliphatic rings. The second-order valence-electron chi connectivity index (χ2n) is 11.7. The number of hydrogen-bond donors (Lipinski definition) is 2. The fraction of sp³-hybridized carbons (Fsp3) is 0.517. The highest BCUT2D eigenvalue weighted by molar-refractivity contribution is 7.92. The average Bonchev–Trinajstić information content (AvgIpc) is 3.31. The molecule has 2 saturated carbocycles. The molecule has 2 aromatic rings. The zero-order valence-electron chi connectivity index (χ0n) is 23.2. The normalized spacial score (nSPS) is 27.1. The van der Waals surface area contributed by atoms with E-state index in [2.05, 4.69) is 10.6 Å². The highest BCUT2D eigenvalue weighted by atomic mass is 32.2. The van der Waals surface area contributed by atoms with E-state index in [1.165, 1.54) is 6.92 Å². The lowest BCUT2D eigenvalue weighted by Gasteiger charge is -2.43. The van der Waals surface area contributed by atoms with Crippen molar-refractivity contribution in [1.82, 2.24) is 10.6 Å². The molecule has 5 rings (SSSR count). The monoisotopic (exact) mass is 652 g/mol. The molecule has 0 radical (unpaired) electrons. The molecule has 0 spiro atoms. The number of halogens is 8. The fourth-order valence-corrected chi connectivity index (χ4v) is 9.61. The third-order valence-corrected chi connectivity index (χ3v) is 11.8. The van der Waals surface area contributed by atoms with Crippen LogP contribution in [0.25, 0.3) is 0 Å². The molecule has 6 nitrogen and oxygen atoms in total. The third kappa shape index (κ3) is 4.94. The lowest BCUT2D eigenvalue weighted by atomic mass is 9.72. The molecular formula is C29H28F8N2O4S. The lowest BCUT2D eigenvalue weighted by Crippen LogP contribution is -2.55. The topological polar surface area (TPSA) is 92.3 Å². The third-order valence-electron chi connectivity index (χ3n) is 9.21. The maximum atomic E-state index is 15.0. The van der Waals surface area contributed by atoms with Crippen molar-refractivity contribution < 1.29 is 53.1 Å². The summed E-state index contributed by atoms with van der Waals surface area (Å²) in [6, 6.07) is 4.88. The van der Waals surface area contributed by atoms with Crippen molar-refractivity contribution in [3.63, 3.8) is 0 Å². The smallest absolute Gasteiger partial charge is 0.353 e. The minimum Gasteiger partial charge on any atom is -0.353 e. The summed E-state index contributed by atoms with van der Waals surface area (Å²) < 4.78 is 137. The van der Waals surface area contributed by atoms with Crippen LogP contribution < -0.4 is 10.6 Å². The van der Waals surface area contributed by atoms with Gasteiger partial charge in [-0.3, -0.25) is 9.59 Å². The molecule has 0 aliphatic heterocycles. The number of fused-ring (bicyclic) bond motifs is 3. The summed E-state index contributed by atoms with van der Waals surface area (Å²) in [5, 5.41) is 5.59. The Labute approximate surface area is 247 Å². The predicted molar refractivity (Wildman–Crippen MR) is 140 cm³/mol. The lowest BCUT2D eigenvalue weighted by molar-refractivity contribution is -0.348. The number of benzene rings is 2. The molecule has 240 valence electrons. The van der Waals surface area contributed by atoms with Gasteiger partial charge >= 0.3 is 18.0 Å². The van der Waals surface area contributed by atoms with Crippen LogP contribution in [0.3, 0.4) is 0 Å². The van der Waals surface area contributed by atoms with Gasteiger partial charge in [0, 0.05) is 30.5 Å². The van der Waals surface area contributed by atoms with Crippen LogP contribution in [0.5, 0.6) is 0 Å². The molecule has 3 atom stereocenters. The average molecular weight is 653 g/mol. The molecule has 2 N–H and O–H groups in total. The Bertz CT molecular complexity index is 1560. The number of hydrogen-bond acceptors (Lipinski definition) is 4. The van der Waals surface area contributed by atoms with Crippen molar-refractivity contribution >= 4 is 21.7 Å². The van der Waals surface area contributed by atoms with E-state index in [0.717, 1.165) is 30.3 Å². The van der Waals surface area contributed by atoms with Crippen molar-refractivity contribution in [2.45, 2.75) is 85.2 Å². The first kappa shape index (κ1) is 32.2. The van der Waals surface area contributed by atoms with Crippen LogP contribution in [0.4, 0.5) is 35.1 Å². The van der Waals surface area contributed by atoms with Gasteiger partial charge in [-0.15, -0.1) is 0 Å². The van der Waals surface area contributed by atoms with E-state index < -0.39 is 61.7 Å². The zero-order valence-corrected chi connectivity index (χ0v) is 24.0. The summed E-state index contributed by atoms with van der Waals surface area (Å²) in [4.78, 5) is 24.4. The molecule has 2 aromatic carbocycles. The Morgan fingerprint density at radius 3 is 2.02 bits per heavy atom. The maximum absolute atomic E-state index is 15.0. The molecule has 44 heavy (non-hydrogen) atoms. The standard InChI is InChI=1S/C29H28F8N2O4S/c1-15(40)38-19-13-20(14-19)39-25(41)22-10-11-26(44(42,43)21-6-4-18(30)5-7-21)23-9-3-17(12-16(23)2-8-24(22)26)27(31,28(32,33)34)29(35,36)37/h3-7,9,12,19-20,22,24H,2,8,10-11,13-14H2,1H3,(H,38,40)(H,39,41)/t19-,20+,22-,24+,26-/m1/s1. The van der Waals surface area contributed by atoms with E-state index in [0.29, 0.717) is 25.0 Å². The van der Waals surface area contributed by atoms with Crippen LogP contribution >= 0.6 is 0 Å². The number of sulfone groups is 1. The number of alkyl halides is 7. The minimum atomic E-state index is -6.36. The second-order valence-corrected chi connectivity index (χ2v) is 13.9. The van der Waals surface area contributed by atoms with E-state index in [-0.39, 0.29) is 59.7 Å². The Hall–Kier alpha value is -3.23. The van der Waals surface area contributed by atoms with Crippen LogP contribution in [-0.4, -0.2) is 44.7 Å². The van der Waals surface area contributed by atoms with Crippen molar-refractivity contribution in [1.29, 1.82) is 0 Å². The molecular weight excluding hydrogens is 624 g/mol. The van der Waals surface area contributed by atoms with Gasteiger partial charge in [-0.05, 0) is 79.8 Å². The van der Waals surface area contributed by atoms with E-state index in [9.17, 15) is 53.1 Å². The van der Waals surface area contributed by atoms with E-state index in [4.69, 9.17) is 0 Å². The van der Waals surface area contributed by atoms with Crippen LogP contribution in [0, 0.1) is 17.7 Å². The fourth-order valence-electron chi connectivity index (χ4n) is 7.14. The van der Waals surface area contributed by atoms with E-state index in [1.807, 2.05) is 0 Å². The Balaban J connectivity index is 1.57. The van der Waals surface area contributed by atoms with Crippen molar-refractivity contribution in [2.75, 3.05) is 0 Å². The van der Waals surface area contributed by atoms with Crippen LogP contribution in [0.15, 0.2) is 47.4 Å². The first-order valence-electron chi connectivity index (χ1n) is 13.9. The van der Waals surface area contributed by atoms with E-state index >= 15 is 0 Å². The maximum Gasteiger partial charge on any atom is 0.435 e. The first-order chi connectivity index (χ1) is 20.3. The number of amides is 2. The molecule has 0 aromatic heterocycles. The molecule has 15 heteroatoms. The van der Waals surface area contributed by atoms with Gasteiger partial charge in [-0.1, -0.05) is 18.2 Å². The highest BCUT2D eigenvalue weighted by Crippen LogP contribution is 2.60. The Kier molecular flexibility index (Phi) is 7.82. The molecule has 0 heterocycles. The summed E-state index contributed by atoms with van der Waals surface area (Å²) in [7, 11) is -4.54. The Morgan fingerprint density at radius 2 is 1.45 bits per heavy atom. The van der Waals surface area contributed by atoms with Crippen molar-refractivity contribution in [3.05, 3.63) is 65.0 Å². The molecule has 0 bridgehead atoms. The molecule has 3 aliphatic carbocycles. The largest absolute Gasteiger partial charge is 0.435 e. The summed E-state index contributed by atoms with van der Waals surface area (Å²) in [6.07, 6.45) is -12.3. The van der Waals surface area contributed by atoms with Crippen LogP contribution in [-0.2, 0) is 36.3 Å². The van der Waals surface area contributed by atoms with Gasteiger partial charge in [-0.2, -0.15) is 26.3 Å². The van der Waals surface area contributed by atoms with Gasteiger partial charge in [0.15, 0.2) is 9.84 Å². The number of carbonyl (C=O) groups is 2. The summed E-state index contributed by atoms with van der Waals surface area (Å²) in [5.74, 6) is -3.27. The molecule has 2 fully saturated rings. The van der Waals surface area contributed by atoms with Crippen LogP contribution in [0.2, 0.25) is 0 Å². The van der Waals surface area contributed by atoms with Gasteiger partial charge in [0.2, 0.25) is 11.8 Å². The SMILES string of the molecule is CC(=O)N[C@H]1C[C@@H](NC(=O)[C@@H]2CC[C@@]3(S(=O)(=O)c4ccc(F)cc4)c4ccc(C(F)(C(F)(F)F)C(F)(F)F)cc4CC[C@@H]23)C1. The van der Waals surface area contributed by atoms with Crippen molar-refractivity contribution in [3.8, 4) is 0 Å². The number of aryl methyl sites for hydroxylation is 1. The zero-order chi connectivity index (χ0) is 32.5. The number of rotatable bonds is 6. The minimum absolute atomic E-state index is 0.0259. The second kappa shape index (κ2) is 10.7. The van der Waals surface area contributed by atoms with Gasteiger partial charge in [0.05, 0.1) is 4.90 Å². The number of carbonyl (C=O) groups excluding carboxylic acids is 2.